The standard InChI is InChI=1S/C10H17N3O2/c1-2-5-13-6-3-10(4-7-13)8(14)11-9(15)12-10/h2-7H2,1H3,(H2,11,12,14,15). The molecule has 5 nitrogen and oxygen atoms in total. The fourth-order valence-corrected chi connectivity index (χ4v) is 2.35. The van der Waals surface area contributed by atoms with Crippen LogP contribution in [0.5, 0.6) is 0 Å². The van der Waals surface area contributed by atoms with E-state index < -0.39 is 5.54 Å². The molecular formula is C10H17N3O2. The molecule has 0 unspecified atom stereocenters. The maximum Gasteiger partial charge on any atom is 0.322 e. The Hall–Kier alpha value is -1.10. The molecule has 0 saturated carbocycles. The molecular weight excluding hydrogens is 194 g/mol. The molecule has 2 fully saturated rings. The molecule has 2 saturated heterocycles. The zero-order valence-corrected chi connectivity index (χ0v) is 9.01. The van der Waals surface area contributed by atoms with Gasteiger partial charge in [0.05, 0.1) is 0 Å². The molecule has 2 N–H and O–H groups in total. The van der Waals surface area contributed by atoms with Gasteiger partial charge in [0.1, 0.15) is 5.54 Å². The van der Waals surface area contributed by atoms with Crippen molar-refractivity contribution in [1.29, 1.82) is 0 Å². The lowest BCUT2D eigenvalue weighted by molar-refractivity contribution is -0.125. The monoisotopic (exact) mass is 211 g/mol. The molecule has 2 aliphatic heterocycles. The number of urea groups is 1. The Balaban J connectivity index is 1.97. The molecule has 0 aliphatic carbocycles. The molecule has 15 heavy (non-hydrogen) atoms. The number of likely N-dealkylation sites (tertiary alicyclic amines) is 1. The Morgan fingerprint density at radius 1 is 1.33 bits per heavy atom. The molecule has 3 amide bonds. The van der Waals surface area contributed by atoms with Gasteiger partial charge in [-0.05, 0) is 25.8 Å². The van der Waals surface area contributed by atoms with Crippen molar-refractivity contribution in [2.24, 2.45) is 0 Å². The summed E-state index contributed by atoms with van der Waals surface area (Å²) in [5.74, 6) is -0.149. The summed E-state index contributed by atoms with van der Waals surface area (Å²) in [5, 5.41) is 5.07. The first kappa shape index (κ1) is 10.4. The number of piperidine rings is 1. The number of hydrogen-bond donors (Lipinski definition) is 2. The number of carbonyl (C=O) groups excluding carboxylic acids is 2. The van der Waals surface area contributed by atoms with E-state index in [9.17, 15) is 9.59 Å². The maximum atomic E-state index is 11.6. The van der Waals surface area contributed by atoms with Crippen molar-refractivity contribution in [2.75, 3.05) is 19.6 Å². The van der Waals surface area contributed by atoms with Gasteiger partial charge < -0.3 is 10.2 Å². The van der Waals surface area contributed by atoms with Gasteiger partial charge >= 0.3 is 6.03 Å². The van der Waals surface area contributed by atoms with E-state index in [1.807, 2.05) is 0 Å². The van der Waals surface area contributed by atoms with Gasteiger partial charge in [-0.2, -0.15) is 0 Å². The minimum atomic E-state index is -0.610. The van der Waals surface area contributed by atoms with Crippen molar-refractivity contribution < 1.29 is 9.59 Å². The zero-order chi connectivity index (χ0) is 10.9. The number of hydrogen-bond acceptors (Lipinski definition) is 3. The molecule has 84 valence electrons. The second-order valence-corrected chi connectivity index (χ2v) is 4.33. The van der Waals surface area contributed by atoms with E-state index in [1.54, 1.807) is 0 Å². The normalized spacial score (nSPS) is 25.4. The van der Waals surface area contributed by atoms with Crippen LogP contribution in [0.15, 0.2) is 0 Å². The van der Waals surface area contributed by atoms with E-state index in [1.165, 1.54) is 0 Å². The third kappa shape index (κ3) is 1.84. The molecule has 0 aromatic heterocycles. The molecule has 0 radical (unpaired) electrons. The Kier molecular flexibility index (Phi) is 2.65. The highest BCUT2D eigenvalue weighted by Crippen LogP contribution is 2.25. The van der Waals surface area contributed by atoms with Gasteiger partial charge in [-0.25, -0.2) is 4.79 Å². The summed E-state index contributed by atoms with van der Waals surface area (Å²) in [6.45, 7) is 5.00. The summed E-state index contributed by atoms with van der Waals surface area (Å²) in [5.41, 5.74) is -0.610. The molecule has 0 aromatic carbocycles. The van der Waals surface area contributed by atoms with Crippen LogP contribution in [0.2, 0.25) is 0 Å². The fraction of sp³-hybridized carbons (Fsp3) is 0.800. The van der Waals surface area contributed by atoms with Crippen molar-refractivity contribution >= 4 is 11.9 Å². The Labute approximate surface area is 89.2 Å². The zero-order valence-electron chi connectivity index (χ0n) is 9.01. The average molecular weight is 211 g/mol. The number of nitrogens with zero attached hydrogens (tertiary/aromatic N) is 1. The van der Waals surface area contributed by atoms with E-state index >= 15 is 0 Å². The first-order valence-electron chi connectivity index (χ1n) is 5.52. The minimum Gasteiger partial charge on any atom is -0.323 e. The van der Waals surface area contributed by atoms with Crippen LogP contribution in [0.1, 0.15) is 26.2 Å². The lowest BCUT2D eigenvalue weighted by atomic mass is 9.88. The molecule has 0 bridgehead atoms. The summed E-state index contributed by atoms with van der Waals surface area (Å²) in [7, 11) is 0. The third-order valence-corrected chi connectivity index (χ3v) is 3.26. The summed E-state index contributed by atoms with van der Waals surface area (Å²) in [6, 6.07) is -0.344. The van der Waals surface area contributed by atoms with Gasteiger partial charge in [0.25, 0.3) is 5.91 Å². The van der Waals surface area contributed by atoms with E-state index in [0.717, 1.165) is 38.9 Å². The minimum absolute atomic E-state index is 0.149. The van der Waals surface area contributed by atoms with Crippen molar-refractivity contribution in [3.05, 3.63) is 0 Å². The van der Waals surface area contributed by atoms with Crippen LogP contribution in [0.25, 0.3) is 0 Å². The number of amides is 3. The first-order valence-corrected chi connectivity index (χ1v) is 5.52. The smallest absolute Gasteiger partial charge is 0.322 e. The van der Waals surface area contributed by atoms with E-state index in [-0.39, 0.29) is 11.9 Å². The van der Waals surface area contributed by atoms with Crippen molar-refractivity contribution in [2.45, 2.75) is 31.7 Å². The predicted molar refractivity (Wildman–Crippen MR) is 55.4 cm³/mol. The van der Waals surface area contributed by atoms with Crippen LogP contribution in [-0.4, -0.2) is 42.0 Å². The second kappa shape index (κ2) is 3.81. The lowest BCUT2D eigenvalue weighted by Gasteiger charge is -2.36. The van der Waals surface area contributed by atoms with Gasteiger partial charge in [0.15, 0.2) is 0 Å². The molecule has 2 heterocycles. The number of rotatable bonds is 2. The second-order valence-electron chi connectivity index (χ2n) is 4.33. The van der Waals surface area contributed by atoms with Crippen LogP contribution < -0.4 is 10.6 Å². The largest absolute Gasteiger partial charge is 0.323 e. The van der Waals surface area contributed by atoms with Crippen LogP contribution in [-0.2, 0) is 4.79 Å². The fourth-order valence-electron chi connectivity index (χ4n) is 2.35. The predicted octanol–water partition coefficient (Wildman–Crippen LogP) is 0.0704. The molecule has 2 rings (SSSR count). The highest BCUT2D eigenvalue weighted by Gasteiger charge is 2.47. The average Bonchev–Trinajstić information content (AvgIpc) is 2.47. The number of imide groups is 1. The van der Waals surface area contributed by atoms with Crippen LogP contribution in [0, 0.1) is 0 Å². The van der Waals surface area contributed by atoms with Gasteiger partial charge in [0, 0.05) is 13.1 Å². The molecule has 2 aliphatic rings. The quantitative estimate of drug-likeness (QED) is 0.635. The van der Waals surface area contributed by atoms with Gasteiger partial charge in [-0.15, -0.1) is 0 Å². The topological polar surface area (TPSA) is 61.4 Å². The third-order valence-electron chi connectivity index (χ3n) is 3.26. The van der Waals surface area contributed by atoms with Crippen LogP contribution in [0.4, 0.5) is 4.79 Å². The Bertz CT molecular complexity index is 282. The Morgan fingerprint density at radius 2 is 2.00 bits per heavy atom. The van der Waals surface area contributed by atoms with Gasteiger partial charge in [0.2, 0.25) is 0 Å². The molecule has 1 spiro atoms. The highest BCUT2D eigenvalue weighted by molar-refractivity contribution is 6.07. The van der Waals surface area contributed by atoms with E-state index in [2.05, 4.69) is 22.5 Å². The summed E-state index contributed by atoms with van der Waals surface area (Å²) in [6.07, 6.45) is 2.58. The molecule has 0 atom stereocenters. The summed E-state index contributed by atoms with van der Waals surface area (Å²) in [4.78, 5) is 25.0. The summed E-state index contributed by atoms with van der Waals surface area (Å²) < 4.78 is 0. The van der Waals surface area contributed by atoms with Crippen molar-refractivity contribution in [3.63, 3.8) is 0 Å². The Morgan fingerprint density at radius 3 is 2.47 bits per heavy atom. The SMILES string of the molecule is CCCN1CCC2(CC1)NC(=O)NC2=O. The molecule has 0 aromatic rings. The van der Waals surface area contributed by atoms with E-state index in [4.69, 9.17) is 0 Å². The van der Waals surface area contributed by atoms with Gasteiger partial charge in [-0.3, -0.25) is 10.1 Å². The van der Waals surface area contributed by atoms with Crippen LogP contribution >= 0.6 is 0 Å². The van der Waals surface area contributed by atoms with E-state index in [0.29, 0.717) is 0 Å². The highest BCUT2D eigenvalue weighted by atomic mass is 16.2. The lowest BCUT2D eigenvalue weighted by Crippen LogP contribution is -2.54. The molecule has 5 heteroatoms. The first-order chi connectivity index (χ1) is 7.16. The van der Waals surface area contributed by atoms with Crippen molar-refractivity contribution in [3.8, 4) is 0 Å². The summed E-state index contributed by atoms with van der Waals surface area (Å²) >= 11 is 0. The van der Waals surface area contributed by atoms with Crippen LogP contribution in [0.3, 0.4) is 0 Å². The number of nitrogens with one attached hydrogen (secondary N) is 2. The van der Waals surface area contributed by atoms with Gasteiger partial charge in [-0.1, -0.05) is 6.92 Å². The van der Waals surface area contributed by atoms with Crippen molar-refractivity contribution in [1.82, 2.24) is 15.5 Å². The maximum absolute atomic E-state index is 11.6. The number of carbonyl (C=O) groups is 2.